The third-order valence-corrected chi connectivity index (χ3v) is 5.53. The number of phenolic OH excluding ortho intramolecular Hbond substituents is 1. The van der Waals surface area contributed by atoms with Gasteiger partial charge in [-0.15, -0.1) is 5.10 Å². The van der Waals surface area contributed by atoms with E-state index >= 15 is 0 Å². The molecule has 1 N–H and O–H groups in total. The van der Waals surface area contributed by atoms with Crippen molar-refractivity contribution in [1.29, 1.82) is 0 Å². The van der Waals surface area contributed by atoms with Gasteiger partial charge >= 0.3 is 0 Å². The summed E-state index contributed by atoms with van der Waals surface area (Å²) >= 11 is 1.87. The average molecular weight is 406 g/mol. The largest absolute Gasteiger partial charge is 0.504 e. The van der Waals surface area contributed by atoms with Crippen LogP contribution in [0.15, 0.2) is 24.4 Å². The van der Waals surface area contributed by atoms with Gasteiger partial charge in [-0.3, -0.25) is 9.48 Å². The normalized spacial score (nSPS) is 14.5. The molecule has 0 radical (unpaired) electrons. The number of carbonyl (C=O) groups excluding carboxylic acids is 1. The van der Waals surface area contributed by atoms with Crippen LogP contribution >= 0.6 is 11.8 Å². The summed E-state index contributed by atoms with van der Waals surface area (Å²) in [5.74, 6) is 2.59. The molecule has 1 fully saturated rings. The number of ether oxygens (including phenoxy) is 1. The summed E-state index contributed by atoms with van der Waals surface area (Å²) in [7, 11) is 1.97. The topological polar surface area (TPSA) is 83.7 Å². The van der Waals surface area contributed by atoms with Crippen molar-refractivity contribution in [3.05, 3.63) is 35.7 Å². The molecule has 1 aliphatic rings. The minimum atomic E-state index is -0.0439. The molecule has 0 unspecified atom stereocenters. The van der Waals surface area contributed by atoms with Crippen molar-refractivity contribution in [3.8, 4) is 11.5 Å². The predicted molar refractivity (Wildman–Crippen MR) is 109 cm³/mol. The summed E-state index contributed by atoms with van der Waals surface area (Å²) in [6.45, 7) is 5.83. The number of rotatable bonds is 8. The van der Waals surface area contributed by atoms with Crippen LogP contribution in [-0.2, 0) is 13.1 Å². The molecule has 1 aliphatic heterocycles. The number of aromatic hydroxyl groups is 1. The highest BCUT2D eigenvalue weighted by Gasteiger charge is 2.21. The highest BCUT2D eigenvalue weighted by molar-refractivity contribution is 7.99. The van der Waals surface area contributed by atoms with Crippen molar-refractivity contribution < 1.29 is 14.6 Å². The smallest absolute Gasteiger partial charge is 0.276 e. The molecule has 3 rings (SSSR count). The summed E-state index contributed by atoms with van der Waals surface area (Å²) in [5, 5.41) is 18.4. The van der Waals surface area contributed by atoms with Crippen molar-refractivity contribution in [2.75, 3.05) is 44.8 Å². The molecule has 1 saturated heterocycles. The van der Waals surface area contributed by atoms with E-state index in [0.717, 1.165) is 30.2 Å². The van der Waals surface area contributed by atoms with E-state index in [4.69, 9.17) is 4.74 Å². The summed E-state index contributed by atoms with van der Waals surface area (Å²) in [6.07, 6.45) is 1.71. The van der Waals surface area contributed by atoms with Gasteiger partial charge in [-0.25, -0.2) is 0 Å². The van der Waals surface area contributed by atoms with Gasteiger partial charge < -0.3 is 19.6 Å². The van der Waals surface area contributed by atoms with E-state index in [0.29, 0.717) is 37.7 Å². The zero-order valence-electron chi connectivity index (χ0n) is 16.4. The molecule has 1 amide bonds. The van der Waals surface area contributed by atoms with Crippen LogP contribution in [-0.4, -0.2) is 80.6 Å². The molecule has 9 heteroatoms. The van der Waals surface area contributed by atoms with Gasteiger partial charge in [0.25, 0.3) is 5.91 Å². The van der Waals surface area contributed by atoms with Crippen LogP contribution in [0.25, 0.3) is 0 Å². The molecule has 0 aliphatic carbocycles. The van der Waals surface area contributed by atoms with Crippen molar-refractivity contribution in [3.63, 3.8) is 0 Å². The molecule has 2 heterocycles. The minimum absolute atomic E-state index is 0.0439. The van der Waals surface area contributed by atoms with Gasteiger partial charge in [0.2, 0.25) is 0 Å². The van der Waals surface area contributed by atoms with Crippen LogP contribution in [0.3, 0.4) is 0 Å². The number of hydrogen-bond donors (Lipinski definition) is 1. The fourth-order valence-corrected chi connectivity index (χ4v) is 3.95. The minimum Gasteiger partial charge on any atom is -0.504 e. The third-order valence-electron chi connectivity index (χ3n) is 4.59. The Morgan fingerprint density at radius 2 is 2.14 bits per heavy atom. The van der Waals surface area contributed by atoms with Gasteiger partial charge in [0, 0.05) is 43.2 Å². The van der Waals surface area contributed by atoms with Gasteiger partial charge in [0.15, 0.2) is 17.2 Å². The van der Waals surface area contributed by atoms with Gasteiger partial charge in [0.05, 0.1) is 19.3 Å². The molecule has 28 heavy (non-hydrogen) atoms. The van der Waals surface area contributed by atoms with E-state index < -0.39 is 0 Å². The van der Waals surface area contributed by atoms with Crippen LogP contribution in [0, 0.1) is 0 Å². The lowest BCUT2D eigenvalue weighted by Crippen LogP contribution is -2.38. The van der Waals surface area contributed by atoms with E-state index in [1.54, 1.807) is 16.9 Å². The molecule has 0 atom stereocenters. The third kappa shape index (κ3) is 5.17. The van der Waals surface area contributed by atoms with E-state index in [-0.39, 0.29) is 11.7 Å². The van der Waals surface area contributed by atoms with Crippen LogP contribution in [0.5, 0.6) is 11.5 Å². The Morgan fingerprint density at radius 1 is 1.36 bits per heavy atom. The summed E-state index contributed by atoms with van der Waals surface area (Å²) in [5.41, 5.74) is 1.21. The van der Waals surface area contributed by atoms with Crippen molar-refractivity contribution in [1.82, 2.24) is 24.8 Å². The Bertz CT molecular complexity index is 792. The maximum absolute atomic E-state index is 12.5. The number of benzene rings is 1. The fraction of sp³-hybridized carbons (Fsp3) is 0.526. The van der Waals surface area contributed by atoms with E-state index in [9.17, 15) is 9.90 Å². The number of hydrogen-bond acceptors (Lipinski definition) is 7. The van der Waals surface area contributed by atoms with Gasteiger partial charge in [-0.2, -0.15) is 11.8 Å². The first kappa shape index (κ1) is 20.5. The number of amides is 1. The zero-order valence-corrected chi connectivity index (χ0v) is 17.2. The molecule has 0 saturated carbocycles. The fourth-order valence-electron chi connectivity index (χ4n) is 3.04. The molecular formula is C19H27N5O3S. The van der Waals surface area contributed by atoms with Gasteiger partial charge in [-0.05, 0) is 20.0 Å². The number of nitrogens with zero attached hydrogens (tertiary/aromatic N) is 5. The number of para-hydroxylation sites is 1. The number of phenols is 1. The maximum atomic E-state index is 12.5. The molecule has 1 aromatic carbocycles. The maximum Gasteiger partial charge on any atom is 0.276 e. The van der Waals surface area contributed by atoms with Crippen molar-refractivity contribution in [2.24, 2.45) is 0 Å². The highest BCUT2D eigenvalue weighted by atomic mass is 32.2. The van der Waals surface area contributed by atoms with Crippen LogP contribution in [0.4, 0.5) is 0 Å². The Kier molecular flexibility index (Phi) is 7.16. The van der Waals surface area contributed by atoms with E-state index in [2.05, 4.69) is 15.2 Å². The van der Waals surface area contributed by atoms with Gasteiger partial charge in [0.1, 0.15) is 0 Å². The average Bonchev–Trinajstić information content (AvgIpc) is 3.19. The number of carbonyl (C=O) groups is 1. The standard InChI is InChI=1S/C19H27N5O3S/c1-3-27-17-6-4-5-15(18(17)25)13-22(2)7-8-24-14-16(20-21-24)19(26)23-9-11-28-12-10-23/h4-6,14,25H,3,7-13H2,1-2H3. The second-order valence-corrected chi connectivity index (χ2v) is 7.93. The molecule has 8 nitrogen and oxygen atoms in total. The van der Waals surface area contributed by atoms with Crippen LogP contribution in [0.1, 0.15) is 23.0 Å². The highest BCUT2D eigenvalue weighted by Crippen LogP contribution is 2.30. The molecule has 1 aromatic heterocycles. The van der Waals surface area contributed by atoms with E-state index in [1.807, 2.05) is 42.8 Å². The lowest BCUT2D eigenvalue weighted by molar-refractivity contribution is 0.0766. The lowest BCUT2D eigenvalue weighted by atomic mass is 10.1. The Hall–Kier alpha value is -2.26. The molecular weight excluding hydrogens is 378 g/mol. The molecule has 0 spiro atoms. The monoisotopic (exact) mass is 405 g/mol. The number of aromatic nitrogens is 3. The Morgan fingerprint density at radius 3 is 2.89 bits per heavy atom. The summed E-state index contributed by atoms with van der Waals surface area (Å²) < 4.78 is 7.13. The van der Waals surface area contributed by atoms with Crippen molar-refractivity contribution >= 4 is 17.7 Å². The van der Waals surface area contributed by atoms with Crippen LogP contribution < -0.4 is 4.74 Å². The van der Waals surface area contributed by atoms with Crippen molar-refractivity contribution in [2.45, 2.75) is 20.0 Å². The summed E-state index contributed by atoms with van der Waals surface area (Å²) in [4.78, 5) is 16.4. The first-order valence-corrected chi connectivity index (χ1v) is 10.6. The second kappa shape index (κ2) is 9.79. The SMILES string of the molecule is CCOc1cccc(CN(C)CCn2cc(C(=O)N3CCSCC3)nn2)c1O. The Labute approximate surface area is 169 Å². The first-order chi connectivity index (χ1) is 13.6. The molecule has 2 aromatic rings. The van der Waals surface area contributed by atoms with E-state index in [1.165, 1.54) is 0 Å². The van der Waals surface area contributed by atoms with Crippen LogP contribution in [0.2, 0.25) is 0 Å². The second-order valence-electron chi connectivity index (χ2n) is 6.71. The molecule has 0 bridgehead atoms. The number of likely N-dealkylation sites (N-methyl/N-ethyl adjacent to an activating group) is 1. The zero-order chi connectivity index (χ0) is 19.9. The predicted octanol–water partition coefficient (Wildman–Crippen LogP) is 1.70. The first-order valence-electron chi connectivity index (χ1n) is 9.47. The van der Waals surface area contributed by atoms with Gasteiger partial charge in [-0.1, -0.05) is 17.3 Å². The number of thioether (sulfide) groups is 1. The lowest BCUT2D eigenvalue weighted by Gasteiger charge is -2.25. The Balaban J connectivity index is 1.52. The quantitative estimate of drug-likeness (QED) is 0.716. The molecule has 152 valence electrons. The summed E-state index contributed by atoms with van der Waals surface area (Å²) in [6, 6.07) is 5.52.